The second-order valence-electron chi connectivity index (χ2n) is 14.6. The van der Waals surface area contributed by atoms with Crippen molar-refractivity contribution in [2.45, 2.75) is 153 Å². The monoisotopic (exact) mass is 717 g/mol. The van der Waals surface area contributed by atoms with Crippen LogP contribution in [-0.2, 0) is 24.1 Å². The minimum Gasteiger partial charge on any atom is -0.508 e. The molecule has 0 fully saturated rings. The Bertz CT molecular complexity index is 1500. The predicted molar refractivity (Wildman–Crippen MR) is 208 cm³/mol. The Balaban J connectivity index is 2.18. The second-order valence-corrected chi connectivity index (χ2v) is 14.6. The molecule has 286 valence electrons. The van der Waals surface area contributed by atoms with Gasteiger partial charge in [-0.1, -0.05) is 107 Å². The van der Waals surface area contributed by atoms with E-state index in [1.807, 2.05) is 12.2 Å². The van der Waals surface area contributed by atoms with E-state index in [0.717, 1.165) is 78.3 Å². The topological polar surface area (TPSA) is 150 Å². The number of phenols is 1. The van der Waals surface area contributed by atoms with Gasteiger partial charge in [0.2, 0.25) is 0 Å². The number of aliphatic hydroxyl groups excluding tert-OH is 3. The molecule has 7 N–H and O–H groups in total. The quantitative estimate of drug-likeness (QED) is 0.0576. The number of aliphatic hydroxyl groups is 4. The highest BCUT2D eigenvalue weighted by Gasteiger charge is 2.35. The Hall–Kier alpha value is -3.45. The van der Waals surface area contributed by atoms with Gasteiger partial charge < -0.3 is 36.0 Å². The highest BCUT2D eigenvalue weighted by Crippen LogP contribution is 2.30. The number of aryl methyl sites for hydroxylation is 2. The van der Waals surface area contributed by atoms with Gasteiger partial charge in [-0.3, -0.25) is 4.79 Å². The minimum absolute atomic E-state index is 0.132. The van der Waals surface area contributed by atoms with E-state index in [1.54, 1.807) is 31.2 Å². The normalized spacial score (nSPS) is 19.1. The predicted octanol–water partition coefficient (Wildman–Crippen LogP) is 6.93. The van der Waals surface area contributed by atoms with Crippen LogP contribution in [0, 0.1) is 11.8 Å². The van der Waals surface area contributed by atoms with E-state index < -0.39 is 36.4 Å². The number of carboxylic acid groups (broad SMARTS) is 1. The van der Waals surface area contributed by atoms with Gasteiger partial charge in [0.05, 0.1) is 24.4 Å². The minimum atomic E-state index is -1.27. The summed E-state index contributed by atoms with van der Waals surface area (Å²) in [5.74, 6) is 6.26. The summed E-state index contributed by atoms with van der Waals surface area (Å²) in [6, 6.07) is 12.3. The lowest BCUT2D eigenvalue weighted by Gasteiger charge is -2.38. The number of hydrogen-bond acceptors (Lipinski definition) is 7. The van der Waals surface area contributed by atoms with Gasteiger partial charge in [0.25, 0.3) is 0 Å². The fourth-order valence-corrected chi connectivity index (χ4v) is 7.11. The van der Waals surface area contributed by atoms with Gasteiger partial charge in [0.15, 0.2) is 0 Å². The average Bonchev–Trinajstić information content (AvgIpc) is 3.11. The van der Waals surface area contributed by atoms with E-state index in [-0.39, 0.29) is 24.6 Å². The van der Waals surface area contributed by atoms with Crippen LogP contribution in [0.5, 0.6) is 5.75 Å². The van der Waals surface area contributed by atoms with Gasteiger partial charge in [-0.05, 0) is 91.8 Å². The zero-order valence-electron chi connectivity index (χ0n) is 31.6. The highest BCUT2D eigenvalue weighted by atomic mass is 16.4. The second kappa shape index (κ2) is 22.6. The van der Waals surface area contributed by atoms with Crippen LogP contribution in [0.2, 0.25) is 0 Å². The summed E-state index contributed by atoms with van der Waals surface area (Å²) >= 11 is 0. The Morgan fingerprint density at radius 1 is 1.02 bits per heavy atom. The zero-order chi connectivity index (χ0) is 37.9. The first-order chi connectivity index (χ1) is 25.0. The maximum Gasteiger partial charge on any atom is 0.303 e. The molecular weight excluding hydrogens is 654 g/mol. The molecule has 0 bridgehead atoms. The fraction of sp³-hybridized carbons (Fsp3) is 0.568. The highest BCUT2D eigenvalue weighted by molar-refractivity contribution is 5.66. The van der Waals surface area contributed by atoms with Crippen molar-refractivity contribution in [2.75, 3.05) is 6.61 Å². The van der Waals surface area contributed by atoms with Crippen molar-refractivity contribution >= 4 is 5.97 Å². The number of carboxylic acids is 1. The smallest absolute Gasteiger partial charge is 0.303 e. The van der Waals surface area contributed by atoms with Gasteiger partial charge in [-0.25, -0.2) is 0 Å². The van der Waals surface area contributed by atoms with Crippen LogP contribution in [-0.4, -0.2) is 73.1 Å². The van der Waals surface area contributed by atoms with Crippen LogP contribution in [0.1, 0.15) is 126 Å². The lowest BCUT2D eigenvalue weighted by molar-refractivity contribution is -0.137. The fourth-order valence-electron chi connectivity index (χ4n) is 7.11. The first kappa shape index (κ1) is 43.0. The Labute approximate surface area is 311 Å². The van der Waals surface area contributed by atoms with Crippen LogP contribution < -0.4 is 5.32 Å². The van der Waals surface area contributed by atoms with Crippen LogP contribution in [0.4, 0.5) is 0 Å². The lowest BCUT2D eigenvalue weighted by Crippen LogP contribution is -2.54. The molecule has 1 heterocycles. The first-order valence-electron chi connectivity index (χ1n) is 19.4. The number of aromatic hydroxyl groups is 1. The summed E-state index contributed by atoms with van der Waals surface area (Å²) < 4.78 is 0. The van der Waals surface area contributed by atoms with Gasteiger partial charge >= 0.3 is 5.97 Å². The molecule has 0 unspecified atom stereocenters. The molecule has 1 aliphatic heterocycles. The molecule has 2 aromatic carbocycles. The van der Waals surface area contributed by atoms with E-state index in [2.05, 4.69) is 49.2 Å². The van der Waals surface area contributed by atoms with Crippen LogP contribution >= 0.6 is 0 Å². The number of hydrogen-bond donors (Lipinski definition) is 7. The van der Waals surface area contributed by atoms with Gasteiger partial charge in [-0.15, -0.1) is 0 Å². The molecule has 0 aromatic heterocycles. The SMILES string of the molecule is CCCCC[C@H](O)C=CC1=C(C[C@H](O)CO)[C@H](CCCCCCC(=O)O)N[C@@H]([C@@](C)(O)Cc2ccc(O)cc2)CC#Cc2c(CC)cccc2CC1. The van der Waals surface area contributed by atoms with Crippen LogP contribution in [0.3, 0.4) is 0 Å². The maximum absolute atomic E-state index is 12.2. The summed E-state index contributed by atoms with van der Waals surface area (Å²) in [6.45, 7) is 5.66. The van der Waals surface area contributed by atoms with Crippen molar-refractivity contribution in [3.63, 3.8) is 0 Å². The summed E-state index contributed by atoms with van der Waals surface area (Å²) in [7, 11) is 0. The average molecular weight is 718 g/mol. The lowest BCUT2D eigenvalue weighted by atomic mass is 9.83. The number of unbranched alkanes of at least 4 members (excludes halogenated alkanes) is 5. The summed E-state index contributed by atoms with van der Waals surface area (Å²) in [5.41, 5.74) is 4.78. The Kier molecular flexibility index (Phi) is 18.7. The number of fused-ring (bicyclic) bond motifs is 1. The number of benzene rings is 2. The van der Waals surface area contributed by atoms with Crippen LogP contribution in [0.15, 0.2) is 65.8 Å². The summed E-state index contributed by atoms with van der Waals surface area (Å²) in [4.78, 5) is 11.1. The number of carbonyl (C=O) groups is 1. The molecule has 3 rings (SSSR count). The largest absolute Gasteiger partial charge is 0.508 e. The van der Waals surface area contributed by atoms with E-state index in [0.29, 0.717) is 44.9 Å². The van der Waals surface area contributed by atoms with Crippen molar-refractivity contribution in [3.05, 3.63) is 88.0 Å². The molecule has 1 aliphatic rings. The van der Waals surface area contributed by atoms with Gasteiger partial charge in [0, 0.05) is 36.9 Å². The Morgan fingerprint density at radius 2 is 1.77 bits per heavy atom. The van der Waals surface area contributed by atoms with Crippen molar-refractivity contribution in [3.8, 4) is 17.6 Å². The van der Waals surface area contributed by atoms with Crippen molar-refractivity contribution in [1.29, 1.82) is 0 Å². The number of rotatable bonds is 20. The Morgan fingerprint density at radius 3 is 2.46 bits per heavy atom. The molecule has 8 heteroatoms. The molecular formula is C44H63NO7. The third-order valence-corrected chi connectivity index (χ3v) is 10.2. The zero-order valence-corrected chi connectivity index (χ0v) is 31.6. The molecule has 0 saturated heterocycles. The van der Waals surface area contributed by atoms with E-state index >= 15 is 0 Å². The van der Waals surface area contributed by atoms with E-state index in [9.17, 15) is 30.3 Å². The van der Waals surface area contributed by atoms with E-state index in [4.69, 9.17) is 5.11 Å². The van der Waals surface area contributed by atoms with Gasteiger partial charge in [-0.2, -0.15) is 0 Å². The third kappa shape index (κ3) is 14.5. The molecule has 52 heavy (non-hydrogen) atoms. The number of phenolic OH excluding ortho intramolecular Hbond substituents is 1. The molecule has 5 atom stereocenters. The number of allylic oxidation sites excluding steroid dienone is 2. The van der Waals surface area contributed by atoms with Crippen molar-refractivity contribution < 1.29 is 35.4 Å². The first-order valence-corrected chi connectivity index (χ1v) is 19.4. The molecule has 0 aliphatic carbocycles. The molecule has 0 radical (unpaired) electrons. The molecule has 0 saturated carbocycles. The summed E-state index contributed by atoms with van der Waals surface area (Å²) in [6.07, 6.45) is 12.7. The van der Waals surface area contributed by atoms with Gasteiger partial charge in [0.1, 0.15) is 5.75 Å². The van der Waals surface area contributed by atoms with E-state index in [1.165, 1.54) is 0 Å². The molecule has 0 spiro atoms. The summed E-state index contributed by atoms with van der Waals surface area (Å²) in [5, 5.41) is 67.1. The van der Waals surface area contributed by atoms with Crippen LogP contribution in [0.25, 0.3) is 0 Å². The maximum atomic E-state index is 12.2. The molecule has 0 amide bonds. The number of nitrogens with one attached hydrogen (secondary N) is 1. The molecule has 2 aromatic rings. The van der Waals surface area contributed by atoms with Crippen molar-refractivity contribution in [1.82, 2.24) is 5.32 Å². The number of aliphatic carboxylic acids is 1. The standard InChI is InChI=1S/C44H63NO7/c1-4-6-9-16-36(47)28-25-35-24-23-34-15-12-14-33(5-2)39(34)17-13-19-42(44(3,52)30-32-21-26-37(48)27-22-32)45-41(40(35)29-38(49)31-46)18-10-7-8-11-20-43(50)51/h12,14-15,21-22,25-28,36,38,41-42,45-49,52H,4-11,16,18-20,23-24,29-31H2,1-3H3,(H,50,51)/t36-,38-,41-,42+,44-/m0/s1. The third-order valence-electron chi connectivity index (χ3n) is 10.2. The molecule has 8 nitrogen and oxygen atoms in total. The van der Waals surface area contributed by atoms with Crippen molar-refractivity contribution in [2.24, 2.45) is 0 Å².